The van der Waals surface area contributed by atoms with Gasteiger partial charge in [-0.3, -0.25) is 4.79 Å². The first-order chi connectivity index (χ1) is 4.27. The molecule has 0 saturated heterocycles. The molecule has 2 N–H and O–H groups in total. The lowest BCUT2D eigenvalue weighted by Gasteiger charge is -1.92. The van der Waals surface area contributed by atoms with E-state index >= 15 is 0 Å². The van der Waals surface area contributed by atoms with Gasteiger partial charge in [-0.2, -0.15) is 0 Å². The zero-order chi connectivity index (χ0) is 7.11. The van der Waals surface area contributed by atoms with E-state index < -0.39 is 5.97 Å². The summed E-state index contributed by atoms with van der Waals surface area (Å²) >= 11 is 0. The Bertz CT molecular complexity index is 80.4. The van der Waals surface area contributed by atoms with E-state index in [9.17, 15) is 4.79 Å². The minimum Gasteiger partial charge on any atom is -0.481 e. The molecule has 0 aromatic rings. The van der Waals surface area contributed by atoms with E-state index in [1.807, 2.05) is 0 Å². The van der Waals surface area contributed by atoms with Crippen molar-refractivity contribution < 1.29 is 15.0 Å². The second kappa shape index (κ2) is 5.56. The van der Waals surface area contributed by atoms with Crippen molar-refractivity contribution in [1.82, 2.24) is 0 Å². The number of carbonyl (C=O) groups is 1. The van der Waals surface area contributed by atoms with Gasteiger partial charge >= 0.3 is 5.97 Å². The molecule has 0 fully saturated rings. The van der Waals surface area contributed by atoms with Gasteiger partial charge in [-0.25, -0.2) is 0 Å². The lowest BCUT2D eigenvalue weighted by Crippen LogP contribution is -1.94. The highest BCUT2D eigenvalue weighted by Crippen LogP contribution is 1.97. The van der Waals surface area contributed by atoms with E-state index in [1.54, 1.807) is 0 Å². The summed E-state index contributed by atoms with van der Waals surface area (Å²) in [7, 11) is 0. The highest BCUT2D eigenvalue weighted by atomic mass is 16.5. The van der Waals surface area contributed by atoms with E-state index in [2.05, 4.69) is 0 Å². The fourth-order valence-electron chi connectivity index (χ4n) is 0.565. The van der Waals surface area contributed by atoms with Crippen LogP contribution in [0.3, 0.4) is 0 Å². The number of rotatable bonds is 5. The van der Waals surface area contributed by atoms with E-state index in [-0.39, 0.29) is 13.0 Å². The van der Waals surface area contributed by atoms with Gasteiger partial charge in [-0.15, -0.1) is 0 Å². The number of aliphatic hydroxyl groups excluding tert-OH is 1. The van der Waals surface area contributed by atoms with Crippen LogP contribution >= 0.6 is 0 Å². The standard InChI is InChI=1S/C6H12O3/c7-5-3-1-2-4-6(8)9/h7H,1-5H2,(H,8,9)/i1+1,2+1,3+1,4+1,5+1,6+1. The monoisotopic (exact) mass is 138 g/mol. The second-order valence-electron chi connectivity index (χ2n) is 1.93. The molecule has 0 amide bonds. The molecule has 0 heterocycles. The van der Waals surface area contributed by atoms with Crippen LogP contribution in [0.1, 0.15) is 25.7 Å². The predicted molar refractivity (Wildman–Crippen MR) is 33.2 cm³/mol. The third-order valence-electron chi connectivity index (χ3n) is 1.05. The number of aliphatic carboxylic acids is 1. The van der Waals surface area contributed by atoms with Crippen LogP contribution in [0.15, 0.2) is 0 Å². The smallest absolute Gasteiger partial charge is 0.303 e. The van der Waals surface area contributed by atoms with E-state index in [4.69, 9.17) is 10.2 Å². The van der Waals surface area contributed by atoms with Crippen molar-refractivity contribution in [3.8, 4) is 0 Å². The summed E-state index contributed by atoms with van der Waals surface area (Å²) in [5.74, 6) is -0.757. The van der Waals surface area contributed by atoms with Gasteiger partial charge in [0.05, 0.1) is 0 Å². The van der Waals surface area contributed by atoms with Crippen molar-refractivity contribution in [2.45, 2.75) is 25.7 Å². The first kappa shape index (κ1) is 8.43. The molecule has 0 radical (unpaired) electrons. The van der Waals surface area contributed by atoms with Crippen LogP contribution in [-0.4, -0.2) is 22.8 Å². The Morgan fingerprint density at radius 1 is 1.22 bits per heavy atom. The van der Waals surface area contributed by atoms with Crippen molar-refractivity contribution >= 4 is 5.97 Å². The molecule has 3 heteroatoms. The van der Waals surface area contributed by atoms with Crippen molar-refractivity contribution in [2.75, 3.05) is 6.61 Å². The minimum absolute atomic E-state index is 0.166. The van der Waals surface area contributed by atoms with Gasteiger partial charge in [0, 0.05) is 13.0 Å². The fourth-order valence-corrected chi connectivity index (χ4v) is 0.565. The van der Waals surface area contributed by atoms with Crippen molar-refractivity contribution in [3.05, 3.63) is 0 Å². The fraction of sp³-hybridized carbons (Fsp3) is 0.833. The molecule has 0 saturated carbocycles. The third kappa shape index (κ3) is 7.43. The molecule has 54 valence electrons. The van der Waals surface area contributed by atoms with Crippen LogP contribution in [0.25, 0.3) is 0 Å². The largest absolute Gasteiger partial charge is 0.481 e. The molecule has 9 heavy (non-hydrogen) atoms. The maximum Gasteiger partial charge on any atom is 0.303 e. The molecule has 0 aliphatic rings. The number of hydrogen-bond acceptors (Lipinski definition) is 2. The number of carboxylic acid groups (broad SMARTS) is 1. The number of aliphatic hydroxyl groups is 1. The first-order valence-corrected chi connectivity index (χ1v) is 3.10. The van der Waals surface area contributed by atoms with Crippen molar-refractivity contribution in [3.63, 3.8) is 0 Å². The highest BCUT2D eigenvalue weighted by Gasteiger charge is 1.94. The van der Waals surface area contributed by atoms with Gasteiger partial charge in [-0.1, -0.05) is 6.42 Å². The summed E-state index contributed by atoms with van der Waals surface area (Å²) in [5, 5.41) is 16.4. The summed E-state index contributed by atoms with van der Waals surface area (Å²) in [4.78, 5) is 9.90. The molecule has 0 aliphatic carbocycles. The van der Waals surface area contributed by atoms with Crippen LogP contribution in [0.5, 0.6) is 0 Å². The van der Waals surface area contributed by atoms with Crippen LogP contribution in [-0.2, 0) is 4.79 Å². The quantitative estimate of drug-likeness (QED) is 0.432. The highest BCUT2D eigenvalue weighted by molar-refractivity contribution is 5.66. The Morgan fingerprint density at radius 2 is 1.89 bits per heavy atom. The molecule has 3 nitrogen and oxygen atoms in total. The molecule has 0 rings (SSSR count). The number of unbranched alkanes of at least 4 members (excludes halogenated alkanes) is 2. The van der Waals surface area contributed by atoms with Crippen LogP contribution in [0, 0.1) is 0 Å². The third-order valence-corrected chi connectivity index (χ3v) is 1.05. The van der Waals surface area contributed by atoms with Crippen molar-refractivity contribution in [2.24, 2.45) is 0 Å². The Labute approximate surface area is 54.3 Å². The van der Waals surface area contributed by atoms with E-state index in [0.29, 0.717) is 12.8 Å². The molecule has 0 spiro atoms. The van der Waals surface area contributed by atoms with Crippen LogP contribution in [0.2, 0.25) is 0 Å². The summed E-state index contributed by atoms with van der Waals surface area (Å²) in [6.07, 6.45) is 2.42. The molecule has 0 atom stereocenters. The van der Waals surface area contributed by atoms with Gasteiger partial charge in [0.25, 0.3) is 0 Å². The average Bonchev–Trinajstić information content (AvgIpc) is 1.80. The van der Waals surface area contributed by atoms with Crippen molar-refractivity contribution in [1.29, 1.82) is 0 Å². The molecular formula is C6H12O3. The summed E-state index contributed by atoms with van der Waals surface area (Å²) < 4.78 is 0. The summed E-state index contributed by atoms with van der Waals surface area (Å²) in [5.41, 5.74) is 0. The summed E-state index contributed by atoms with van der Waals surface area (Å²) in [6, 6.07) is 0. The molecule has 0 aliphatic heterocycles. The predicted octanol–water partition coefficient (Wildman–Crippen LogP) is 0.624. The van der Waals surface area contributed by atoms with Gasteiger partial charge < -0.3 is 10.2 Å². The Hall–Kier alpha value is -0.570. The SMILES string of the molecule is O=[13C](O)[13CH2][13CH2][13CH2][13CH2][13CH2]O. The maximum atomic E-state index is 9.90. The lowest BCUT2D eigenvalue weighted by molar-refractivity contribution is -0.137. The second-order valence-corrected chi connectivity index (χ2v) is 1.93. The van der Waals surface area contributed by atoms with Crippen LogP contribution in [0.4, 0.5) is 0 Å². The van der Waals surface area contributed by atoms with Crippen LogP contribution < -0.4 is 0 Å². The lowest BCUT2D eigenvalue weighted by atomic mass is 11.2. The van der Waals surface area contributed by atoms with Gasteiger partial charge in [0.15, 0.2) is 0 Å². The Balaban J connectivity index is 2.83. The maximum absolute atomic E-state index is 9.90. The molecule has 0 unspecified atom stereocenters. The molecule has 0 aromatic heterocycles. The topological polar surface area (TPSA) is 57.5 Å². The molecule has 0 bridgehead atoms. The first-order valence-electron chi connectivity index (χ1n) is 3.10. The summed E-state index contributed by atoms with van der Waals surface area (Å²) in [6.45, 7) is 0.166. The molecular weight excluding hydrogens is 126 g/mol. The van der Waals surface area contributed by atoms with Gasteiger partial charge in [0.2, 0.25) is 0 Å². The number of hydrogen-bond donors (Lipinski definition) is 2. The number of carboxylic acids is 1. The molecule has 0 aromatic carbocycles. The van der Waals surface area contributed by atoms with Gasteiger partial charge in [-0.05, 0) is 12.8 Å². The Morgan fingerprint density at radius 3 is 2.33 bits per heavy atom. The van der Waals surface area contributed by atoms with E-state index in [0.717, 1.165) is 6.42 Å². The van der Waals surface area contributed by atoms with Gasteiger partial charge in [0.1, 0.15) is 0 Å². The zero-order valence-electron chi connectivity index (χ0n) is 5.34. The average molecular weight is 138 g/mol. The normalized spacial score (nSPS) is 9.44. The minimum atomic E-state index is -0.757. The van der Waals surface area contributed by atoms with E-state index in [1.165, 1.54) is 0 Å². The Kier molecular flexibility index (Phi) is 5.21. The zero-order valence-corrected chi connectivity index (χ0v) is 5.34.